The summed E-state index contributed by atoms with van der Waals surface area (Å²) >= 11 is 0. The van der Waals surface area contributed by atoms with Gasteiger partial charge in [-0.2, -0.15) is 0 Å². The lowest BCUT2D eigenvalue weighted by Crippen LogP contribution is -1.94. The summed E-state index contributed by atoms with van der Waals surface area (Å²) in [6.07, 6.45) is 5.22. The van der Waals surface area contributed by atoms with E-state index in [0.29, 0.717) is 16.7 Å². The predicted molar refractivity (Wildman–Crippen MR) is 61.6 cm³/mol. The van der Waals surface area contributed by atoms with Crippen LogP contribution in [0.15, 0.2) is 29.8 Å². The van der Waals surface area contributed by atoms with E-state index in [1.165, 1.54) is 12.1 Å². The molecule has 0 aliphatic heterocycles. The summed E-state index contributed by atoms with van der Waals surface area (Å²) in [7, 11) is 0. The summed E-state index contributed by atoms with van der Waals surface area (Å²) in [5.74, 6) is 2.36. The Kier molecular flexibility index (Phi) is 3.81. The molecule has 0 aromatic heterocycles. The number of aliphatic hydroxyl groups excluding tert-OH is 1. The molecule has 1 aromatic rings. The van der Waals surface area contributed by atoms with Crippen molar-refractivity contribution in [1.29, 1.82) is 0 Å². The van der Waals surface area contributed by atoms with Crippen LogP contribution in [0, 0.1) is 22.5 Å². The normalized spacial score (nSPS) is 11.6. The fourth-order valence-corrected chi connectivity index (χ4v) is 1.30. The Balaban J connectivity index is 3.25. The van der Waals surface area contributed by atoms with Crippen molar-refractivity contribution in [3.05, 3.63) is 45.5 Å². The third-order valence-corrected chi connectivity index (χ3v) is 2.27. The van der Waals surface area contributed by atoms with Gasteiger partial charge in [-0.1, -0.05) is 18.1 Å². The predicted octanol–water partition coefficient (Wildman–Crippen LogP) is 1.99. The highest BCUT2D eigenvalue weighted by molar-refractivity contribution is 5.72. The number of nitro groups is 1. The van der Waals surface area contributed by atoms with E-state index >= 15 is 0 Å². The topological polar surface area (TPSA) is 63.4 Å². The average Bonchev–Trinajstić information content (AvgIpc) is 2.30. The van der Waals surface area contributed by atoms with Crippen molar-refractivity contribution in [1.82, 2.24) is 0 Å². The molecule has 0 spiro atoms. The third kappa shape index (κ3) is 2.47. The Bertz CT molecular complexity index is 483. The number of hydrogen-bond acceptors (Lipinski definition) is 3. The van der Waals surface area contributed by atoms with E-state index in [-0.39, 0.29) is 12.3 Å². The number of aliphatic hydroxyl groups is 1. The van der Waals surface area contributed by atoms with Crippen LogP contribution in [0.3, 0.4) is 0 Å². The Morgan fingerprint density at radius 2 is 2.31 bits per heavy atom. The first-order chi connectivity index (χ1) is 7.60. The summed E-state index contributed by atoms with van der Waals surface area (Å²) in [5.41, 5.74) is 1.76. The fourth-order valence-electron chi connectivity index (χ4n) is 1.30. The average molecular weight is 217 g/mol. The van der Waals surface area contributed by atoms with Gasteiger partial charge in [-0.25, -0.2) is 0 Å². The van der Waals surface area contributed by atoms with Gasteiger partial charge in [-0.3, -0.25) is 10.1 Å². The number of allylic oxidation sites excluding steroid dienone is 1. The number of non-ortho nitro benzene ring substituents is 1. The van der Waals surface area contributed by atoms with Crippen LogP contribution in [0.25, 0.3) is 5.57 Å². The highest BCUT2D eigenvalue weighted by Crippen LogP contribution is 2.22. The summed E-state index contributed by atoms with van der Waals surface area (Å²) in [5, 5.41) is 19.6. The van der Waals surface area contributed by atoms with Crippen LogP contribution < -0.4 is 0 Å². The van der Waals surface area contributed by atoms with Crippen molar-refractivity contribution < 1.29 is 10.0 Å². The molecule has 4 nitrogen and oxygen atoms in total. The summed E-state index contributed by atoms with van der Waals surface area (Å²) < 4.78 is 0. The smallest absolute Gasteiger partial charge is 0.270 e. The Morgan fingerprint density at radius 1 is 1.62 bits per heavy atom. The van der Waals surface area contributed by atoms with E-state index in [1.807, 2.05) is 0 Å². The van der Waals surface area contributed by atoms with Gasteiger partial charge >= 0.3 is 0 Å². The molecule has 0 bridgehead atoms. The van der Waals surface area contributed by atoms with Gasteiger partial charge in [0.25, 0.3) is 5.69 Å². The van der Waals surface area contributed by atoms with Crippen LogP contribution in [-0.4, -0.2) is 16.6 Å². The van der Waals surface area contributed by atoms with Gasteiger partial charge in [-0.15, -0.1) is 6.42 Å². The van der Waals surface area contributed by atoms with Gasteiger partial charge < -0.3 is 5.11 Å². The van der Waals surface area contributed by atoms with Gasteiger partial charge in [-0.05, 0) is 18.1 Å². The molecule has 1 rings (SSSR count). The van der Waals surface area contributed by atoms with Crippen molar-refractivity contribution in [3.63, 3.8) is 0 Å². The van der Waals surface area contributed by atoms with Crippen molar-refractivity contribution >= 4 is 11.3 Å². The molecule has 0 radical (unpaired) electrons. The first-order valence-electron chi connectivity index (χ1n) is 4.62. The van der Waals surface area contributed by atoms with Crippen molar-refractivity contribution in [2.75, 3.05) is 6.61 Å². The molecule has 16 heavy (non-hydrogen) atoms. The number of benzene rings is 1. The molecule has 0 fully saturated rings. The van der Waals surface area contributed by atoms with E-state index in [4.69, 9.17) is 11.5 Å². The van der Waals surface area contributed by atoms with Crippen LogP contribution in [0.2, 0.25) is 0 Å². The minimum atomic E-state index is -0.467. The lowest BCUT2D eigenvalue weighted by Gasteiger charge is -2.04. The van der Waals surface area contributed by atoms with Crippen LogP contribution >= 0.6 is 0 Å². The quantitative estimate of drug-likeness (QED) is 0.478. The van der Waals surface area contributed by atoms with Crippen LogP contribution in [0.1, 0.15) is 12.5 Å². The fraction of sp³-hybridized carbons (Fsp3) is 0.167. The Hall–Kier alpha value is -2.12. The SMILES string of the molecule is C#CC(CO)=C(C)c1cccc([N+](=O)[O-])c1. The highest BCUT2D eigenvalue weighted by atomic mass is 16.6. The largest absolute Gasteiger partial charge is 0.391 e. The zero-order valence-corrected chi connectivity index (χ0v) is 8.80. The molecule has 1 N–H and O–H groups in total. The zero-order chi connectivity index (χ0) is 12.1. The van der Waals surface area contributed by atoms with E-state index in [2.05, 4.69) is 5.92 Å². The van der Waals surface area contributed by atoms with Gasteiger partial charge in [0.2, 0.25) is 0 Å². The minimum absolute atomic E-state index is 0.00570. The molecule has 0 saturated carbocycles. The van der Waals surface area contributed by atoms with Crippen molar-refractivity contribution in [3.8, 4) is 12.3 Å². The number of terminal acetylenes is 1. The second-order valence-corrected chi connectivity index (χ2v) is 3.21. The summed E-state index contributed by atoms with van der Waals surface area (Å²) in [6.45, 7) is 1.48. The molecule has 0 amide bonds. The Labute approximate surface area is 93.4 Å². The maximum atomic E-state index is 10.6. The molecular formula is C12H11NO3. The van der Waals surface area contributed by atoms with E-state index in [1.54, 1.807) is 19.1 Å². The maximum Gasteiger partial charge on any atom is 0.270 e. The van der Waals surface area contributed by atoms with Crippen LogP contribution in [0.4, 0.5) is 5.69 Å². The molecule has 82 valence electrons. The molecule has 0 saturated heterocycles. The highest BCUT2D eigenvalue weighted by Gasteiger charge is 2.08. The standard InChI is InChI=1S/C12H11NO3/c1-3-10(8-14)9(2)11-5-4-6-12(7-11)13(15)16/h1,4-7,14H,8H2,2H3. The van der Waals surface area contributed by atoms with E-state index < -0.39 is 4.92 Å². The minimum Gasteiger partial charge on any atom is -0.391 e. The van der Waals surface area contributed by atoms with Gasteiger partial charge in [0, 0.05) is 17.7 Å². The third-order valence-electron chi connectivity index (χ3n) is 2.27. The molecule has 0 aliphatic rings. The maximum absolute atomic E-state index is 10.6. The molecule has 4 heteroatoms. The zero-order valence-electron chi connectivity index (χ0n) is 8.80. The number of nitrogens with zero attached hydrogens (tertiary/aromatic N) is 1. The molecule has 0 atom stereocenters. The first kappa shape index (κ1) is 12.0. The van der Waals surface area contributed by atoms with Gasteiger partial charge in [0.15, 0.2) is 0 Å². The summed E-state index contributed by atoms with van der Waals surface area (Å²) in [4.78, 5) is 10.1. The molecule has 0 unspecified atom stereocenters. The first-order valence-corrected chi connectivity index (χ1v) is 4.62. The molecule has 0 heterocycles. The van der Waals surface area contributed by atoms with Crippen LogP contribution in [0.5, 0.6) is 0 Å². The Morgan fingerprint density at radius 3 is 2.81 bits per heavy atom. The monoisotopic (exact) mass is 217 g/mol. The lowest BCUT2D eigenvalue weighted by atomic mass is 10.0. The van der Waals surface area contributed by atoms with E-state index in [9.17, 15) is 10.1 Å². The second kappa shape index (κ2) is 5.10. The van der Waals surface area contributed by atoms with Crippen LogP contribution in [-0.2, 0) is 0 Å². The lowest BCUT2D eigenvalue weighted by molar-refractivity contribution is -0.384. The van der Waals surface area contributed by atoms with Gasteiger partial charge in [0.05, 0.1) is 11.5 Å². The van der Waals surface area contributed by atoms with Gasteiger partial charge in [0.1, 0.15) is 0 Å². The molecular weight excluding hydrogens is 206 g/mol. The second-order valence-electron chi connectivity index (χ2n) is 3.21. The van der Waals surface area contributed by atoms with E-state index in [0.717, 1.165) is 0 Å². The molecule has 0 aliphatic carbocycles. The van der Waals surface area contributed by atoms with Crippen molar-refractivity contribution in [2.45, 2.75) is 6.92 Å². The summed E-state index contributed by atoms with van der Waals surface area (Å²) in [6, 6.07) is 6.14. The number of nitro benzene ring substituents is 1. The number of hydrogen-bond donors (Lipinski definition) is 1. The number of rotatable bonds is 3. The van der Waals surface area contributed by atoms with Crippen molar-refractivity contribution in [2.24, 2.45) is 0 Å². The molecule has 1 aromatic carbocycles.